The van der Waals surface area contributed by atoms with E-state index in [2.05, 4.69) is 12.1 Å². The first-order chi connectivity index (χ1) is 9.35. The highest BCUT2D eigenvalue weighted by Gasteiger charge is 2.14. The van der Waals surface area contributed by atoms with Crippen molar-refractivity contribution in [2.45, 2.75) is 12.5 Å². The van der Waals surface area contributed by atoms with Gasteiger partial charge in [0.05, 0.1) is 7.11 Å². The summed E-state index contributed by atoms with van der Waals surface area (Å²) in [6.07, 6.45) is 0.713. The predicted molar refractivity (Wildman–Crippen MR) is 76.5 cm³/mol. The largest absolute Gasteiger partial charge is 0.493 e. The minimum Gasteiger partial charge on any atom is -0.493 e. The molecule has 0 aromatic heterocycles. The highest BCUT2D eigenvalue weighted by molar-refractivity contribution is 5.40. The van der Waals surface area contributed by atoms with Crippen molar-refractivity contribution in [3.8, 4) is 11.5 Å². The molecule has 0 saturated heterocycles. The summed E-state index contributed by atoms with van der Waals surface area (Å²) in [5.74, 6) is 1.48. The summed E-state index contributed by atoms with van der Waals surface area (Å²) in [4.78, 5) is 0. The summed E-state index contributed by atoms with van der Waals surface area (Å²) in [6.45, 7) is 0.578. The zero-order valence-electron chi connectivity index (χ0n) is 11.1. The Morgan fingerprint density at radius 1 is 0.947 bits per heavy atom. The van der Waals surface area contributed by atoms with Crippen LogP contribution in [-0.2, 0) is 0 Å². The highest BCUT2D eigenvalue weighted by atomic mass is 16.5. The normalized spacial score (nSPS) is 11.9. The maximum atomic E-state index is 6.06. The number of rotatable bonds is 6. The number of hydrogen-bond donors (Lipinski definition) is 1. The van der Waals surface area contributed by atoms with Gasteiger partial charge >= 0.3 is 0 Å². The molecule has 3 nitrogen and oxygen atoms in total. The molecule has 0 fully saturated rings. The molecule has 2 aromatic rings. The SMILES string of the molecule is COc1ccccc1O[C@@H](CCN)c1ccccc1. The Bertz CT molecular complexity index is 499. The van der Waals surface area contributed by atoms with Gasteiger partial charge in [0, 0.05) is 6.42 Å². The molecule has 3 heteroatoms. The Kier molecular flexibility index (Phi) is 4.81. The number of nitrogens with two attached hydrogens (primary N) is 1. The van der Waals surface area contributed by atoms with E-state index in [0.29, 0.717) is 6.54 Å². The molecule has 0 aliphatic carbocycles. The van der Waals surface area contributed by atoms with E-state index in [9.17, 15) is 0 Å². The van der Waals surface area contributed by atoms with Gasteiger partial charge in [0.1, 0.15) is 6.10 Å². The Balaban J connectivity index is 2.21. The van der Waals surface area contributed by atoms with Crippen molar-refractivity contribution >= 4 is 0 Å². The topological polar surface area (TPSA) is 44.5 Å². The van der Waals surface area contributed by atoms with Gasteiger partial charge in [0.15, 0.2) is 11.5 Å². The molecule has 0 amide bonds. The summed E-state index contributed by atoms with van der Waals surface area (Å²) >= 11 is 0. The van der Waals surface area contributed by atoms with Crippen molar-refractivity contribution in [2.75, 3.05) is 13.7 Å². The molecule has 0 unspecified atom stereocenters. The molecule has 0 radical (unpaired) electrons. The van der Waals surface area contributed by atoms with Crippen LogP contribution in [0.25, 0.3) is 0 Å². The Hall–Kier alpha value is -2.00. The van der Waals surface area contributed by atoms with Gasteiger partial charge in [-0.15, -0.1) is 0 Å². The van der Waals surface area contributed by atoms with Gasteiger partial charge in [-0.05, 0) is 24.2 Å². The third-order valence-corrected chi connectivity index (χ3v) is 2.94. The fraction of sp³-hybridized carbons (Fsp3) is 0.250. The monoisotopic (exact) mass is 257 g/mol. The van der Waals surface area contributed by atoms with E-state index < -0.39 is 0 Å². The number of methoxy groups -OCH3 is 1. The zero-order chi connectivity index (χ0) is 13.5. The summed E-state index contributed by atoms with van der Waals surface area (Å²) in [7, 11) is 1.64. The van der Waals surface area contributed by atoms with E-state index in [0.717, 1.165) is 23.5 Å². The maximum absolute atomic E-state index is 6.06. The van der Waals surface area contributed by atoms with E-state index in [1.165, 1.54) is 0 Å². The Labute approximate surface area is 114 Å². The molecule has 100 valence electrons. The third kappa shape index (κ3) is 3.48. The first-order valence-corrected chi connectivity index (χ1v) is 6.40. The summed E-state index contributed by atoms with van der Waals surface area (Å²) in [5.41, 5.74) is 6.80. The van der Waals surface area contributed by atoms with Gasteiger partial charge in [-0.3, -0.25) is 0 Å². The summed E-state index contributed by atoms with van der Waals surface area (Å²) in [5, 5.41) is 0. The van der Waals surface area contributed by atoms with Crippen molar-refractivity contribution in [2.24, 2.45) is 5.73 Å². The fourth-order valence-electron chi connectivity index (χ4n) is 1.98. The van der Waals surface area contributed by atoms with Crippen LogP contribution < -0.4 is 15.2 Å². The van der Waals surface area contributed by atoms with Crippen LogP contribution in [0, 0.1) is 0 Å². The molecule has 0 spiro atoms. The van der Waals surface area contributed by atoms with Gasteiger partial charge in [-0.1, -0.05) is 42.5 Å². The van der Waals surface area contributed by atoms with Crippen LogP contribution in [0.5, 0.6) is 11.5 Å². The number of benzene rings is 2. The number of ether oxygens (including phenoxy) is 2. The summed E-state index contributed by atoms with van der Waals surface area (Å²) in [6, 6.07) is 17.8. The lowest BCUT2D eigenvalue weighted by molar-refractivity contribution is 0.189. The van der Waals surface area contributed by atoms with Crippen molar-refractivity contribution in [3.63, 3.8) is 0 Å². The van der Waals surface area contributed by atoms with Crippen LogP contribution in [0.2, 0.25) is 0 Å². The first kappa shape index (κ1) is 13.4. The van der Waals surface area contributed by atoms with Crippen LogP contribution in [0.4, 0.5) is 0 Å². The van der Waals surface area contributed by atoms with Crippen molar-refractivity contribution < 1.29 is 9.47 Å². The van der Waals surface area contributed by atoms with E-state index in [-0.39, 0.29) is 6.10 Å². The van der Waals surface area contributed by atoms with Gasteiger partial charge in [-0.25, -0.2) is 0 Å². The standard InChI is InChI=1S/C16H19NO2/c1-18-15-9-5-6-10-16(15)19-14(11-12-17)13-7-3-2-4-8-13/h2-10,14H,11-12,17H2,1H3/t14-/m0/s1. The molecule has 0 bridgehead atoms. The van der Waals surface area contributed by atoms with Gasteiger partial charge < -0.3 is 15.2 Å². The van der Waals surface area contributed by atoms with E-state index in [4.69, 9.17) is 15.2 Å². The smallest absolute Gasteiger partial charge is 0.162 e. The van der Waals surface area contributed by atoms with Gasteiger partial charge in [-0.2, -0.15) is 0 Å². The van der Waals surface area contributed by atoms with Crippen molar-refractivity contribution in [3.05, 3.63) is 60.2 Å². The second-order valence-corrected chi connectivity index (χ2v) is 4.25. The van der Waals surface area contributed by atoms with E-state index in [1.807, 2.05) is 42.5 Å². The highest BCUT2D eigenvalue weighted by Crippen LogP contribution is 2.31. The van der Waals surface area contributed by atoms with Gasteiger partial charge in [0.25, 0.3) is 0 Å². The third-order valence-electron chi connectivity index (χ3n) is 2.94. The molecule has 19 heavy (non-hydrogen) atoms. The molecule has 2 N–H and O–H groups in total. The minimum absolute atomic E-state index is 0.0532. The molecular formula is C16H19NO2. The molecule has 2 rings (SSSR count). The maximum Gasteiger partial charge on any atom is 0.162 e. The quantitative estimate of drug-likeness (QED) is 0.864. The molecule has 2 aromatic carbocycles. The van der Waals surface area contributed by atoms with E-state index in [1.54, 1.807) is 7.11 Å². The van der Waals surface area contributed by atoms with Crippen LogP contribution >= 0.6 is 0 Å². The van der Waals surface area contributed by atoms with Crippen LogP contribution in [-0.4, -0.2) is 13.7 Å². The minimum atomic E-state index is -0.0532. The average molecular weight is 257 g/mol. The predicted octanol–water partition coefficient (Wildman–Crippen LogP) is 3.16. The number of para-hydroxylation sites is 2. The molecule has 0 saturated carbocycles. The second kappa shape index (κ2) is 6.81. The molecule has 0 aliphatic rings. The molecule has 0 heterocycles. The second-order valence-electron chi connectivity index (χ2n) is 4.25. The van der Waals surface area contributed by atoms with Crippen LogP contribution in [0.1, 0.15) is 18.1 Å². The number of hydrogen-bond acceptors (Lipinski definition) is 3. The first-order valence-electron chi connectivity index (χ1n) is 6.40. The zero-order valence-corrected chi connectivity index (χ0v) is 11.1. The molecule has 1 atom stereocenters. The van der Waals surface area contributed by atoms with Crippen LogP contribution in [0.15, 0.2) is 54.6 Å². The van der Waals surface area contributed by atoms with Crippen LogP contribution in [0.3, 0.4) is 0 Å². The fourth-order valence-corrected chi connectivity index (χ4v) is 1.98. The van der Waals surface area contributed by atoms with Gasteiger partial charge in [0.2, 0.25) is 0 Å². The summed E-state index contributed by atoms with van der Waals surface area (Å²) < 4.78 is 11.4. The van der Waals surface area contributed by atoms with Crippen molar-refractivity contribution in [1.29, 1.82) is 0 Å². The lowest BCUT2D eigenvalue weighted by Crippen LogP contribution is -2.13. The Morgan fingerprint density at radius 3 is 2.21 bits per heavy atom. The lowest BCUT2D eigenvalue weighted by Gasteiger charge is -2.20. The molecule has 0 aliphatic heterocycles. The lowest BCUT2D eigenvalue weighted by atomic mass is 10.1. The van der Waals surface area contributed by atoms with E-state index >= 15 is 0 Å². The average Bonchev–Trinajstić information content (AvgIpc) is 2.48. The molecular weight excluding hydrogens is 238 g/mol. The van der Waals surface area contributed by atoms with Crippen molar-refractivity contribution in [1.82, 2.24) is 0 Å². The Morgan fingerprint density at radius 2 is 1.58 bits per heavy atom.